The first-order valence-corrected chi connectivity index (χ1v) is 10.6. The Balaban J connectivity index is 1.49. The number of benzene rings is 2. The first kappa shape index (κ1) is 15.7. The molecule has 0 radical (unpaired) electrons. The quantitative estimate of drug-likeness (QED) is 0.315. The number of rotatable bonds is 0. The van der Waals surface area contributed by atoms with E-state index in [0.717, 1.165) is 45.9 Å². The van der Waals surface area contributed by atoms with E-state index in [0.29, 0.717) is 0 Å². The average Bonchev–Trinajstić information content (AvgIpc) is 3.48. The molecule has 0 aliphatic heterocycles. The number of hydrogen-bond acceptors (Lipinski definition) is 3. The fraction of sp³-hybridized carbons (Fsp3) is 0.0741. The van der Waals surface area contributed by atoms with Crippen molar-refractivity contribution >= 4 is 27.3 Å². The summed E-state index contributed by atoms with van der Waals surface area (Å²) >= 11 is 0. The van der Waals surface area contributed by atoms with Gasteiger partial charge in [0.1, 0.15) is 5.65 Å². The summed E-state index contributed by atoms with van der Waals surface area (Å²) in [7, 11) is 0. The molecular formula is C27H16N4. The lowest BCUT2D eigenvalue weighted by molar-refractivity contribution is 1.12. The van der Waals surface area contributed by atoms with E-state index >= 15 is 0 Å². The summed E-state index contributed by atoms with van der Waals surface area (Å²) in [6.45, 7) is 0. The predicted octanol–water partition coefficient (Wildman–Crippen LogP) is 5.57. The second-order valence-electron chi connectivity index (χ2n) is 8.51. The Kier molecular flexibility index (Phi) is 2.72. The summed E-state index contributed by atoms with van der Waals surface area (Å²) in [5.41, 5.74) is 12.9. The van der Waals surface area contributed by atoms with Crippen molar-refractivity contribution in [3.8, 4) is 22.4 Å². The first-order valence-electron chi connectivity index (χ1n) is 10.6. The van der Waals surface area contributed by atoms with Crippen molar-refractivity contribution in [1.29, 1.82) is 0 Å². The first-order chi connectivity index (χ1) is 15.4. The molecule has 0 fully saturated rings. The van der Waals surface area contributed by atoms with Gasteiger partial charge in [0.15, 0.2) is 0 Å². The summed E-state index contributed by atoms with van der Waals surface area (Å²) in [6, 6.07) is 17.6. The molecule has 4 heterocycles. The number of aromatic nitrogens is 4. The van der Waals surface area contributed by atoms with E-state index in [2.05, 4.69) is 62.9 Å². The normalized spacial score (nSPS) is 13.5. The molecule has 31 heavy (non-hydrogen) atoms. The van der Waals surface area contributed by atoms with Gasteiger partial charge in [-0.15, -0.1) is 0 Å². The zero-order valence-electron chi connectivity index (χ0n) is 16.6. The molecule has 0 saturated heterocycles. The molecule has 0 spiro atoms. The van der Waals surface area contributed by atoms with Gasteiger partial charge in [-0.3, -0.25) is 14.4 Å². The maximum Gasteiger partial charge on any atom is 0.146 e. The number of fused-ring (bicyclic) bond motifs is 14. The number of nitrogens with zero attached hydrogens (tertiary/aromatic N) is 4. The van der Waals surface area contributed by atoms with E-state index in [1.54, 1.807) is 0 Å². The SMILES string of the molecule is c1ccc2c(c1)Cc1c-2ccc2c1Cc1nc3c4ccncc4c4ccncc4n3c1-2. The van der Waals surface area contributed by atoms with Crippen LogP contribution in [0, 0.1) is 0 Å². The van der Waals surface area contributed by atoms with Crippen LogP contribution in [0.2, 0.25) is 0 Å². The molecule has 0 saturated carbocycles. The minimum atomic E-state index is 0.887. The van der Waals surface area contributed by atoms with Crippen LogP contribution in [-0.2, 0) is 12.8 Å². The predicted molar refractivity (Wildman–Crippen MR) is 122 cm³/mol. The standard InChI is InChI=1S/C27H16N4/c1-2-4-16-15(3-1)11-21-17(16)5-6-19-22(21)12-24-26(19)31-25-14-29-9-7-18(25)23-13-28-10-8-20(23)27(31)30-24/h1-10,13-14H,11-12H2. The van der Waals surface area contributed by atoms with Crippen LogP contribution in [0.3, 0.4) is 0 Å². The van der Waals surface area contributed by atoms with Gasteiger partial charge in [0.2, 0.25) is 0 Å². The molecule has 0 N–H and O–H groups in total. The van der Waals surface area contributed by atoms with Crippen molar-refractivity contribution in [1.82, 2.24) is 19.4 Å². The molecule has 144 valence electrons. The van der Waals surface area contributed by atoms with E-state index in [4.69, 9.17) is 4.98 Å². The van der Waals surface area contributed by atoms with Gasteiger partial charge in [0.25, 0.3) is 0 Å². The smallest absolute Gasteiger partial charge is 0.146 e. The summed E-state index contributed by atoms with van der Waals surface area (Å²) in [6.07, 6.45) is 9.51. The Morgan fingerprint density at radius 1 is 0.677 bits per heavy atom. The molecule has 6 aromatic rings. The molecule has 8 rings (SSSR count). The number of pyridine rings is 3. The van der Waals surface area contributed by atoms with Gasteiger partial charge in [-0.05, 0) is 46.4 Å². The molecule has 0 amide bonds. The highest BCUT2D eigenvalue weighted by Crippen LogP contribution is 2.47. The molecule has 2 aromatic carbocycles. The second-order valence-corrected chi connectivity index (χ2v) is 8.51. The van der Waals surface area contributed by atoms with Crippen LogP contribution in [0.15, 0.2) is 73.3 Å². The highest BCUT2D eigenvalue weighted by molar-refractivity contribution is 6.12. The maximum absolute atomic E-state index is 5.17. The van der Waals surface area contributed by atoms with Crippen LogP contribution in [0.4, 0.5) is 0 Å². The van der Waals surface area contributed by atoms with Crippen LogP contribution in [0.5, 0.6) is 0 Å². The van der Waals surface area contributed by atoms with Crippen molar-refractivity contribution < 1.29 is 0 Å². The summed E-state index contributed by atoms with van der Waals surface area (Å²) in [4.78, 5) is 14.0. The van der Waals surface area contributed by atoms with E-state index in [-0.39, 0.29) is 0 Å². The van der Waals surface area contributed by atoms with Gasteiger partial charge in [0, 0.05) is 46.7 Å². The number of hydrogen-bond donors (Lipinski definition) is 0. The summed E-state index contributed by atoms with van der Waals surface area (Å²) in [5, 5.41) is 3.42. The van der Waals surface area contributed by atoms with Crippen molar-refractivity contribution in [2.24, 2.45) is 0 Å². The largest absolute Gasteiger partial charge is 0.290 e. The van der Waals surface area contributed by atoms with E-state index in [1.807, 2.05) is 24.8 Å². The Hall–Kier alpha value is -4.05. The van der Waals surface area contributed by atoms with Crippen LogP contribution in [-0.4, -0.2) is 19.4 Å². The summed E-state index contributed by atoms with van der Waals surface area (Å²) < 4.78 is 2.32. The van der Waals surface area contributed by atoms with Crippen molar-refractivity contribution in [2.75, 3.05) is 0 Å². The topological polar surface area (TPSA) is 43.1 Å². The van der Waals surface area contributed by atoms with Crippen molar-refractivity contribution in [3.05, 3.63) is 95.7 Å². The Bertz CT molecular complexity index is 1740. The van der Waals surface area contributed by atoms with Gasteiger partial charge in [-0.2, -0.15) is 0 Å². The summed E-state index contributed by atoms with van der Waals surface area (Å²) in [5.74, 6) is 0. The molecule has 0 bridgehead atoms. The Morgan fingerprint density at radius 2 is 1.48 bits per heavy atom. The zero-order chi connectivity index (χ0) is 20.1. The van der Waals surface area contributed by atoms with E-state index in [9.17, 15) is 0 Å². The Morgan fingerprint density at radius 3 is 2.45 bits per heavy atom. The van der Waals surface area contributed by atoms with Crippen LogP contribution in [0.25, 0.3) is 49.7 Å². The third kappa shape index (κ3) is 1.84. The molecular weight excluding hydrogens is 380 g/mol. The van der Waals surface area contributed by atoms with Gasteiger partial charge in [0.05, 0.1) is 23.1 Å². The molecule has 0 atom stereocenters. The maximum atomic E-state index is 5.17. The highest BCUT2D eigenvalue weighted by atomic mass is 15.0. The van der Waals surface area contributed by atoms with Gasteiger partial charge >= 0.3 is 0 Å². The monoisotopic (exact) mass is 396 g/mol. The van der Waals surface area contributed by atoms with Crippen LogP contribution >= 0.6 is 0 Å². The van der Waals surface area contributed by atoms with E-state index in [1.165, 1.54) is 39.1 Å². The minimum Gasteiger partial charge on any atom is -0.290 e. The van der Waals surface area contributed by atoms with Crippen molar-refractivity contribution in [2.45, 2.75) is 12.8 Å². The fourth-order valence-corrected chi connectivity index (χ4v) is 5.74. The minimum absolute atomic E-state index is 0.887. The van der Waals surface area contributed by atoms with Crippen LogP contribution in [0.1, 0.15) is 22.4 Å². The van der Waals surface area contributed by atoms with Gasteiger partial charge < -0.3 is 0 Å². The average molecular weight is 396 g/mol. The second kappa shape index (κ2) is 5.35. The molecule has 2 aliphatic carbocycles. The molecule has 4 aromatic heterocycles. The molecule has 0 unspecified atom stereocenters. The molecule has 4 heteroatoms. The van der Waals surface area contributed by atoms with Crippen LogP contribution < -0.4 is 0 Å². The third-order valence-electron chi connectivity index (χ3n) is 7.05. The van der Waals surface area contributed by atoms with Gasteiger partial charge in [-0.1, -0.05) is 36.4 Å². The number of imidazole rings is 1. The van der Waals surface area contributed by atoms with Crippen molar-refractivity contribution in [3.63, 3.8) is 0 Å². The molecule has 2 aliphatic rings. The lowest BCUT2D eigenvalue weighted by atomic mass is 9.97. The lowest BCUT2D eigenvalue weighted by Gasteiger charge is -2.12. The third-order valence-corrected chi connectivity index (χ3v) is 7.05. The zero-order valence-corrected chi connectivity index (χ0v) is 16.6. The fourth-order valence-electron chi connectivity index (χ4n) is 5.74. The Labute approximate surface area is 177 Å². The van der Waals surface area contributed by atoms with E-state index < -0.39 is 0 Å². The highest BCUT2D eigenvalue weighted by Gasteiger charge is 2.31. The van der Waals surface area contributed by atoms with Gasteiger partial charge in [-0.25, -0.2) is 4.98 Å². The molecule has 4 nitrogen and oxygen atoms in total. The lowest BCUT2D eigenvalue weighted by Crippen LogP contribution is -1.97.